The van der Waals surface area contributed by atoms with E-state index >= 15 is 0 Å². The van der Waals surface area contributed by atoms with Crippen LogP contribution in [0.2, 0.25) is 0 Å². The molecule has 0 radical (unpaired) electrons. The Balaban J connectivity index is 1.66. The molecule has 2 aromatic carbocycles. The Labute approximate surface area is 176 Å². The molecular formula is C22H15N5O2S. The Bertz CT molecular complexity index is 1220. The summed E-state index contributed by atoms with van der Waals surface area (Å²) in [5.41, 5.74) is 2.19. The third kappa shape index (κ3) is 4.32. The Kier molecular flexibility index (Phi) is 5.73. The van der Waals surface area contributed by atoms with Gasteiger partial charge < -0.3 is 4.74 Å². The molecule has 0 bridgehead atoms. The zero-order valence-electron chi connectivity index (χ0n) is 15.7. The van der Waals surface area contributed by atoms with E-state index in [1.54, 1.807) is 30.3 Å². The van der Waals surface area contributed by atoms with Gasteiger partial charge in [0.2, 0.25) is 0 Å². The van der Waals surface area contributed by atoms with Gasteiger partial charge in [-0.1, -0.05) is 48.5 Å². The molecule has 0 spiro atoms. The first kappa shape index (κ1) is 19.2. The fraction of sp³-hybridized carbons (Fsp3) is 0.0455. The van der Waals surface area contributed by atoms with Crippen LogP contribution >= 0.6 is 11.3 Å². The summed E-state index contributed by atoms with van der Waals surface area (Å²) in [6.45, 7) is 0.0267. The van der Waals surface area contributed by atoms with E-state index < -0.39 is 5.97 Å². The van der Waals surface area contributed by atoms with Crippen molar-refractivity contribution in [2.45, 2.75) is 6.61 Å². The van der Waals surface area contributed by atoms with Crippen LogP contribution in [0.1, 0.15) is 16.0 Å². The van der Waals surface area contributed by atoms with Crippen LogP contribution in [0.3, 0.4) is 0 Å². The van der Waals surface area contributed by atoms with Gasteiger partial charge in [0.1, 0.15) is 6.61 Å². The summed E-state index contributed by atoms with van der Waals surface area (Å²) in [7, 11) is 0. The van der Waals surface area contributed by atoms with Crippen LogP contribution in [0.25, 0.3) is 23.2 Å². The summed E-state index contributed by atoms with van der Waals surface area (Å²) in [6.07, 6.45) is 1.70. The van der Waals surface area contributed by atoms with E-state index in [0.29, 0.717) is 11.4 Å². The number of nitriles is 1. The van der Waals surface area contributed by atoms with Gasteiger partial charge in [-0.15, -0.1) is 16.4 Å². The van der Waals surface area contributed by atoms with Crippen molar-refractivity contribution in [2.24, 2.45) is 0 Å². The summed E-state index contributed by atoms with van der Waals surface area (Å²) >= 11 is 1.48. The molecule has 8 heteroatoms. The molecule has 0 saturated carbocycles. The van der Waals surface area contributed by atoms with E-state index in [1.165, 1.54) is 16.0 Å². The normalized spacial score (nSPS) is 11.1. The zero-order valence-corrected chi connectivity index (χ0v) is 16.5. The van der Waals surface area contributed by atoms with Gasteiger partial charge in [0.15, 0.2) is 11.5 Å². The van der Waals surface area contributed by atoms with Crippen molar-refractivity contribution in [3.05, 3.63) is 88.1 Å². The molecule has 4 aromatic rings. The number of rotatable bonds is 6. The lowest BCUT2D eigenvalue weighted by atomic mass is 10.1. The van der Waals surface area contributed by atoms with E-state index in [2.05, 4.69) is 21.6 Å². The fourth-order valence-corrected chi connectivity index (χ4v) is 3.44. The summed E-state index contributed by atoms with van der Waals surface area (Å²) in [6, 6.07) is 22.1. The molecule has 0 amide bonds. The lowest BCUT2D eigenvalue weighted by molar-refractivity contribution is -0.138. The van der Waals surface area contributed by atoms with E-state index in [4.69, 9.17) is 10.00 Å². The number of esters is 1. The first-order valence-corrected chi connectivity index (χ1v) is 9.88. The molecule has 0 fully saturated rings. The molecule has 0 aliphatic heterocycles. The molecule has 0 unspecified atom stereocenters. The van der Waals surface area contributed by atoms with Crippen LogP contribution in [0, 0.1) is 11.3 Å². The largest absolute Gasteiger partial charge is 0.456 e. The molecule has 0 aliphatic carbocycles. The fourth-order valence-electron chi connectivity index (χ4n) is 2.78. The molecule has 0 atom stereocenters. The monoisotopic (exact) mass is 413 g/mol. The van der Waals surface area contributed by atoms with Gasteiger partial charge in [0, 0.05) is 10.4 Å². The van der Waals surface area contributed by atoms with E-state index in [9.17, 15) is 4.79 Å². The molecule has 7 nitrogen and oxygen atoms in total. The summed E-state index contributed by atoms with van der Waals surface area (Å²) in [5, 5.41) is 22.8. The number of hydrogen-bond donors (Lipinski definition) is 0. The maximum absolute atomic E-state index is 13.0. The zero-order chi connectivity index (χ0) is 20.8. The van der Waals surface area contributed by atoms with Gasteiger partial charge in [0.05, 0.1) is 11.6 Å². The van der Waals surface area contributed by atoms with Crippen LogP contribution in [0.5, 0.6) is 0 Å². The number of benzene rings is 2. The van der Waals surface area contributed by atoms with Crippen molar-refractivity contribution in [3.8, 4) is 17.5 Å². The van der Waals surface area contributed by atoms with Crippen molar-refractivity contribution in [2.75, 3.05) is 0 Å². The predicted octanol–water partition coefficient (Wildman–Crippen LogP) is 4.01. The van der Waals surface area contributed by atoms with Crippen LogP contribution in [0.15, 0.2) is 72.1 Å². The predicted molar refractivity (Wildman–Crippen MR) is 113 cm³/mol. The molecule has 4 rings (SSSR count). The smallest absolute Gasteiger partial charge is 0.357 e. The van der Waals surface area contributed by atoms with E-state index in [-0.39, 0.29) is 12.3 Å². The second kappa shape index (κ2) is 8.94. The number of carbonyl (C=O) groups is 1. The topological polar surface area (TPSA) is 93.7 Å². The summed E-state index contributed by atoms with van der Waals surface area (Å²) in [4.78, 5) is 13.9. The van der Waals surface area contributed by atoms with Crippen LogP contribution < -0.4 is 0 Å². The van der Waals surface area contributed by atoms with E-state index in [0.717, 1.165) is 16.0 Å². The van der Waals surface area contributed by atoms with Crippen molar-refractivity contribution in [1.82, 2.24) is 20.2 Å². The average Bonchev–Trinajstić information content (AvgIpc) is 3.48. The second-order valence-electron chi connectivity index (χ2n) is 6.21. The maximum Gasteiger partial charge on any atom is 0.357 e. The maximum atomic E-state index is 13.0. The van der Waals surface area contributed by atoms with Crippen molar-refractivity contribution < 1.29 is 9.53 Å². The number of nitrogens with zero attached hydrogens (tertiary/aromatic N) is 5. The third-order valence-electron chi connectivity index (χ3n) is 4.19. The highest BCUT2D eigenvalue weighted by molar-refractivity contribution is 7.10. The minimum atomic E-state index is -0.574. The van der Waals surface area contributed by atoms with Gasteiger partial charge in [-0.3, -0.25) is 0 Å². The molecule has 0 N–H and O–H groups in total. The van der Waals surface area contributed by atoms with E-state index in [1.807, 2.05) is 47.8 Å². The average molecular weight is 413 g/mol. The van der Waals surface area contributed by atoms with Gasteiger partial charge in [-0.05, 0) is 45.6 Å². The summed E-state index contributed by atoms with van der Waals surface area (Å²) in [5.74, 6) is -0.142. The minimum absolute atomic E-state index is 0.0267. The number of carbonyl (C=O) groups excluding carboxylic acids is 1. The van der Waals surface area contributed by atoms with Crippen LogP contribution in [-0.4, -0.2) is 26.2 Å². The van der Waals surface area contributed by atoms with Crippen molar-refractivity contribution in [1.29, 1.82) is 5.26 Å². The van der Waals surface area contributed by atoms with Crippen molar-refractivity contribution >= 4 is 29.1 Å². The highest BCUT2D eigenvalue weighted by Crippen LogP contribution is 2.23. The Morgan fingerprint density at radius 2 is 2.00 bits per heavy atom. The molecule has 30 heavy (non-hydrogen) atoms. The van der Waals surface area contributed by atoms with Crippen LogP contribution in [-0.2, 0) is 16.1 Å². The Hall–Kier alpha value is -4.09. The standard InChI is InChI=1S/C22H15N5O2S/c23-14-16-6-4-7-17(12-16)15-29-22(28)20(13-19-10-5-11-30-19)27-21(24-25-26-27)18-8-2-1-3-9-18/h1-13H,15H2/b20-13-. The first-order valence-electron chi connectivity index (χ1n) is 9.00. The van der Waals surface area contributed by atoms with Gasteiger partial charge >= 0.3 is 5.97 Å². The molecule has 0 saturated heterocycles. The Morgan fingerprint density at radius 1 is 1.13 bits per heavy atom. The number of aromatic nitrogens is 4. The minimum Gasteiger partial charge on any atom is -0.456 e. The highest BCUT2D eigenvalue weighted by atomic mass is 32.1. The van der Waals surface area contributed by atoms with Crippen LogP contribution in [0.4, 0.5) is 0 Å². The number of ether oxygens (including phenoxy) is 1. The highest BCUT2D eigenvalue weighted by Gasteiger charge is 2.21. The number of thiophene rings is 1. The number of hydrogen-bond acceptors (Lipinski definition) is 7. The lowest BCUT2D eigenvalue weighted by Gasteiger charge is -2.10. The van der Waals surface area contributed by atoms with Gasteiger partial charge in [-0.2, -0.15) is 9.94 Å². The molecular weight excluding hydrogens is 398 g/mol. The lowest BCUT2D eigenvalue weighted by Crippen LogP contribution is -2.15. The first-order chi connectivity index (χ1) is 14.7. The van der Waals surface area contributed by atoms with Gasteiger partial charge in [0.25, 0.3) is 0 Å². The van der Waals surface area contributed by atoms with Gasteiger partial charge in [-0.25, -0.2) is 4.79 Å². The third-order valence-corrected chi connectivity index (χ3v) is 5.01. The summed E-state index contributed by atoms with van der Waals surface area (Å²) < 4.78 is 6.90. The second-order valence-corrected chi connectivity index (χ2v) is 7.19. The molecule has 146 valence electrons. The number of tetrazole rings is 1. The van der Waals surface area contributed by atoms with Crippen molar-refractivity contribution in [3.63, 3.8) is 0 Å². The molecule has 0 aliphatic rings. The Morgan fingerprint density at radius 3 is 2.77 bits per heavy atom. The SMILES string of the molecule is N#Cc1cccc(COC(=O)/C(=C/c2cccs2)n2nnnc2-c2ccccc2)c1. The molecule has 2 aromatic heterocycles. The quantitative estimate of drug-likeness (QED) is 0.350. The molecule has 2 heterocycles.